The second-order valence-electron chi connectivity index (χ2n) is 4.27. The summed E-state index contributed by atoms with van der Waals surface area (Å²) in [6.45, 7) is 3.43. The Labute approximate surface area is 127 Å². The van der Waals surface area contributed by atoms with E-state index in [0.717, 1.165) is 11.3 Å². The van der Waals surface area contributed by atoms with Crippen molar-refractivity contribution in [2.24, 2.45) is 0 Å². The minimum Gasteiger partial charge on any atom is -0.383 e. The van der Waals surface area contributed by atoms with E-state index in [2.05, 4.69) is 15.6 Å². The van der Waals surface area contributed by atoms with E-state index in [4.69, 9.17) is 10.5 Å². The third kappa shape index (κ3) is 5.20. The molecule has 0 radical (unpaired) electrons. The molecule has 0 atom stereocenters. The highest BCUT2D eigenvalue weighted by atomic mass is 32.1. The number of hydrogen-bond acceptors (Lipinski definition) is 7. The van der Waals surface area contributed by atoms with Crippen LogP contribution in [0.3, 0.4) is 0 Å². The fourth-order valence-corrected chi connectivity index (χ4v) is 2.44. The summed E-state index contributed by atoms with van der Waals surface area (Å²) in [5, 5.41) is 6.20. The molecule has 9 heteroatoms. The number of carbonyl (C=O) groups is 2. The van der Waals surface area contributed by atoms with E-state index in [1.54, 1.807) is 14.2 Å². The van der Waals surface area contributed by atoms with Crippen molar-refractivity contribution in [3.63, 3.8) is 0 Å². The maximum absolute atomic E-state index is 12.2. The van der Waals surface area contributed by atoms with Crippen molar-refractivity contribution < 1.29 is 14.3 Å². The van der Waals surface area contributed by atoms with Crippen LogP contribution >= 0.6 is 11.3 Å². The number of nitrogens with zero attached hydrogens (tertiary/aromatic N) is 2. The van der Waals surface area contributed by atoms with Crippen molar-refractivity contribution in [3.8, 4) is 0 Å². The molecule has 8 nitrogen and oxygen atoms in total. The van der Waals surface area contributed by atoms with Crippen LogP contribution in [0.1, 0.15) is 16.6 Å². The number of likely N-dealkylation sites (N-methyl/N-ethyl adjacent to an activating group) is 2. The number of rotatable bonds is 8. The van der Waals surface area contributed by atoms with Crippen LogP contribution in [0, 0.1) is 0 Å². The Morgan fingerprint density at radius 3 is 2.81 bits per heavy atom. The lowest BCUT2D eigenvalue weighted by molar-refractivity contribution is -0.121. The van der Waals surface area contributed by atoms with Gasteiger partial charge in [-0.05, 0) is 6.92 Å². The number of carbonyl (C=O) groups excluding carboxylic acids is 2. The molecule has 1 aromatic heterocycles. The summed E-state index contributed by atoms with van der Waals surface area (Å²) in [4.78, 5) is 29.4. The van der Waals surface area contributed by atoms with Crippen LogP contribution in [-0.4, -0.2) is 62.1 Å². The van der Waals surface area contributed by atoms with Crippen molar-refractivity contribution in [3.05, 3.63) is 4.88 Å². The van der Waals surface area contributed by atoms with E-state index in [-0.39, 0.29) is 24.2 Å². The van der Waals surface area contributed by atoms with E-state index in [1.807, 2.05) is 6.92 Å². The molecule has 2 amide bonds. The number of anilines is 2. The highest BCUT2D eigenvalue weighted by Crippen LogP contribution is 2.25. The van der Waals surface area contributed by atoms with Crippen LogP contribution in [-0.2, 0) is 9.53 Å². The lowest BCUT2D eigenvalue weighted by Crippen LogP contribution is -2.38. The fourth-order valence-electron chi connectivity index (χ4n) is 1.53. The smallest absolute Gasteiger partial charge is 0.268 e. The minimum absolute atomic E-state index is 0.0174. The Hall–Kier alpha value is -1.87. The maximum Gasteiger partial charge on any atom is 0.268 e. The lowest BCUT2D eigenvalue weighted by Gasteiger charge is -2.15. The third-order valence-corrected chi connectivity index (χ3v) is 3.55. The van der Waals surface area contributed by atoms with Crippen molar-refractivity contribution in [2.45, 2.75) is 6.92 Å². The molecule has 0 saturated heterocycles. The van der Waals surface area contributed by atoms with Gasteiger partial charge in [0.1, 0.15) is 10.7 Å². The SMILES string of the molecule is CCNC(=O)CN(C)C(=O)c1sc(NCCOC)nc1N. The number of thiazole rings is 1. The number of nitrogen functional groups attached to an aromatic ring is 1. The molecular formula is C12H21N5O3S. The van der Waals surface area contributed by atoms with Gasteiger partial charge in [-0.25, -0.2) is 4.98 Å². The number of nitrogens with one attached hydrogen (secondary N) is 2. The molecule has 1 rings (SSSR count). The summed E-state index contributed by atoms with van der Waals surface area (Å²) in [7, 11) is 3.15. The first kappa shape index (κ1) is 17.2. The maximum atomic E-state index is 12.2. The molecule has 0 fully saturated rings. The molecule has 118 valence electrons. The molecule has 1 heterocycles. The average Bonchev–Trinajstić information content (AvgIpc) is 2.79. The van der Waals surface area contributed by atoms with Gasteiger partial charge in [-0.15, -0.1) is 0 Å². The Morgan fingerprint density at radius 2 is 2.19 bits per heavy atom. The zero-order valence-corrected chi connectivity index (χ0v) is 13.2. The van der Waals surface area contributed by atoms with Crippen LogP contribution in [0.5, 0.6) is 0 Å². The molecule has 0 aliphatic heterocycles. The van der Waals surface area contributed by atoms with Gasteiger partial charge in [0.15, 0.2) is 5.13 Å². The second-order valence-corrected chi connectivity index (χ2v) is 5.27. The molecule has 1 aromatic rings. The fraction of sp³-hybridized carbons (Fsp3) is 0.583. The Balaban J connectivity index is 2.66. The van der Waals surface area contributed by atoms with Crippen molar-refractivity contribution in [1.82, 2.24) is 15.2 Å². The van der Waals surface area contributed by atoms with Gasteiger partial charge >= 0.3 is 0 Å². The van der Waals surface area contributed by atoms with E-state index < -0.39 is 0 Å². The summed E-state index contributed by atoms with van der Waals surface area (Å²) in [5.41, 5.74) is 5.75. The zero-order valence-electron chi connectivity index (χ0n) is 12.4. The van der Waals surface area contributed by atoms with Crippen molar-refractivity contribution >= 4 is 34.1 Å². The Morgan fingerprint density at radius 1 is 1.48 bits per heavy atom. The summed E-state index contributed by atoms with van der Waals surface area (Å²) >= 11 is 1.16. The van der Waals surface area contributed by atoms with E-state index in [1.165, 1.54) is 4.90 Å². The average molecular weight is 315 g/mol. The predicted molar refractivity (Wildman–Crippen MR) is 82.5 cm³/mol. The van der Waals surface area contributed by atoms with Gasteiger partial charge < -0.3 is 26.0 Å². The molecule has 21 heavy (non-hydrogen) atoms. The van der Waals surface area contributed by atoms with Crippen LogP contribution in [0.15, 0.2) is 0 Å². The van der Waals surface area contributed by atoms with Gasteiger partial charge in [0.2, 0.25) is 5.91 Å². The summed E-state index contributed by atoms with van der Waals surface area (Å²) in [6, 6.07) is 0. The first-order valence-corrected chi connectivity index (χ1v) is 7.32. The molecule has 4 N–H and O–H groups in total. The first-order valence-electron chi connectivity index (χ1n) is 6.50. The first-order chi connectivity index (χ1) is 9.99. The summed E-state index contributed by atoms with van der Waals surface area (Å²) in [5.74, 6) is -0.376. The van der Waals surface area contributed by atoms with Crippen LogP contribution in [0.25, 0.3) is 0 Å². The molecule has 0 aromatic carbocycles. The highest BCUT2D eigenvalue weighted by molar-refractivity contribution is 7.18. The molecule has 0 bridgehead atoms. The van der Waals surface area contributed by atoms with Crippen LogP contribution in [0.2, 0.25) is 0 Å². The van der Waals surface area contributed by atoms with E-state index in [9.17, 15) is 9.59 Å². The van der Waals surface area contributed by atoms with Gasteiger partial charge in [0, 0.05) is 27.2 Å². The van der Waals surface area contributed by atoms with Gasteiger partial charge in [0.25, 0.3) is 5.91 Å². The second kappa shape index (κ2) is 8.42. The lowest BCUT2D eigenvalue weighted by atomic mass is 10.4. The number of methoxy groups -OCH3 is 1. The number of aromatic nitrogens is 1. The highest BCUT2D eigenvalue weighted by Gasteiger charge is 2.21. The molecule has 0 aliphatic rings. The quantitative estimate of drug-likeness (QED) is 0.582. The van der Waals surface area contributed by atoms with E-state index >= 15 is 0 Å². The minimum atomic E-state index is -0.323. The number of amides is 2. The number of nitrogens with two attached hydrogens (primary N) is 1. The molecular weight excluding hydrogens is 294 g/mol. The van der Waals surface area contributed by atoms with Crippen LogP contribution in [0.4, 0.5) is 10.9 Å². The predicted octanol–water partition coefficient (Wildman–Crippen LogP) is -0.00830. The molecule has 0 saturated carbocycles. The van der Waals surface area contributed by atoms with Crippen molar-refractivity contribution in [1.29, 1.82) is 0 Å². The Kier molecular flexibility index (Phi) is 6.89. The largest absolute Gasteiger partial charge is 0.383 e. The van der Waals surface area contributed by atoms with Gasteiger partial charge in [-0.2, -0.15) is 0 Å². The summed E-state index contributed by atoms with van der Waals surface area (Å²) < 4.78 is 4.92. The molecule has 0 aliphatic carbocycles. The number of hydrogen-bond donors (Lipinski definition) is 3. The topological polar surface area (TPSA) is 110 Å². The zero-order chi connectivity index (χ0) is 15.8. The monoisotopic (exact) mass is 315 g/mol. The normalized spacial score (nSPS) is 10.2. The van der Waals surface area contributed by atoms with Gasteiger partial charge in [-0.3, -0.25) is 9.59 Å². The molecule has 0 spiro atoms. The third-order valence-electron chi connectivity index (χ3n) is 2.53. The summed E-state index contributed by atoms with van der Waals surface area (Å²) in [6.07, 6.45) is 0. The molecule has 0 unspecified atom stereocenters. The van der Waals surface area contributed by atoms with Crippen molar-refractivity contribution in [2.75, 3.05) is 51.4 Å². The Bertz CT molecular complexity index is 491. The van der Waals surface area contributed by atoms with Gasteiger partial charge in [0.05, 0.1) is 13.2 Å². The van der Waals surface area contributed by atoms with Gasteiger partial charge in [-0.1, -0.05) is 11.3 Å². The number of ether oxygens (including phenoxy) is 1. The van der Waals surface area contributed by atoms with E-state index in [0.29, 0.717) is 29.7 Å². The standard InChI is InChI=1S/C12H21N5O3S/c1-4-14-8(18)7-17(2)11(19)9-10(13)16-12(21-9)15-5-6-20-3/h4-7,13H2,1-3H3,(H,14,18)(H,15,16). The van der Waals surface area contributed by atoms with Crippen LogP contribution < -0.4 is 16.4 Å².